The fourth-order valence-corrected chi connectivity index (χ4v) is 2.09. The average Bonchev–Trinajstić information content (AvgIpc) is 2.41. The molecule has 0 bridgehead atoms. The highest BCUT2D eigenvalue weighted by atomic mass is 32.2. The zero-order chi connectivity index (χ0) is 9.97. The Morgan fingerprint density at radius 2 is 2.29 bits per heavy atom. The molecule has 2 rings (SSSR count). The van der Waals surface area contributed by atoms with Crippen molar-refractivity contribution in [3.8, 4) is 0 Å². The molecule has 0 spiro atoms. The van der Waals surface area contributed by atoms with Crippen LogP contribution in [0.4, 0.5) is 0 Å². The third-order valence-corrected chi connectivity index (χ3v) is 2.83. The van der Waals surface area contributed by atoms with Crippen LogP contribution in [-0.4, -0.2) is 12.1 Å². The second-order valence-corrected chi connectivity index (χ2v) is 3.73. The Morgan fingerprint density at radius 3 is 3.07 bits per heavy atom. The number of hydrogen-bond acceptors (Lipinski definition) is 3. The van der Waals surface area contributed by atoms with E-state index in [4.69, 9.17) is 11.1 Å². The maximum Gasteiger partial charge on any atom is 0.123 e. The fraction of sp³-hybridized carbons (Fsp3) is 0. The Kier molecular flexibility index (Phi) is 2.37. The van der Waals surface area contributed by atoms with Gasteiger partial charge in [-0.3, -0.25) is 10.4 Å². The molecule has 70 valence electrons. The van der Waals surface area contributed by atoms with E-state index >= 15 is 0 Å². The summed E-state index contributed by atoms with van der Waals surface area (Å²) in [5.41, 5.74) is 7.27. The zero-order valence-electron chi connectivity index (χ0n) is 7.40. The molecule has 0 amide bonds. The molecule has 1 aromatic rings. The maximum absolute atomic E-state index is 7.44. The molecule has 1 aliphatic rings. The van der Waals surface area contributed by atoms with Gasteiger partial charge in [-0.25, -0.2) is 0 Å². The van der Waals surface area contributed by atoms with E-state index < -0.39 is 0 Å². The molecule has 0 fully saturated rings. The summed E-state index contributed by atoms with van der Waals surface area (Å²) in [5.74, 6) is 0.0954. The lowest BCUT2D eigenvalue weighted by Crippen LogP contribution is -2.12. The van der Waals surface area contributed by atoms with Gasteiger partial charge in [0.05, 0.1) is 0 Å². The summed E-state index contributed by atoms with van der Waals surface area (Å²) in [6.07, 6.45) is 3.51. The minimum atomic E-state index is 0.0954. The Bertz CT molecular complexity index is 435. The zero-order valence-corrected chi connectivity index (χ0v) is 8.21. The van der Waals surface area contributed by atoms with Gasteiger partial charge in [-0.15, -0.1) is 0 Å². The highest BCUT2D eigenvalue weighted by Crippen LogP contribution is 2.28. The van der Waals surface area contributed by atoms with E-state index in [1.807, 2.05) is 23.6 Å². The van der Waals surface area contributed by atoms with Crippen LogP contribution in [0.25, 0.3) is 0 Å². The van der Waals surface area contributed by atoms with Gasteiger partial charge in [0, 0.05) is 28.4 Å². The molecule has 0 aromatic heterocycles. The third kappa shape index (κ3) is 1.56. The van der Waals surface area contributed by atoms with E-state index in [-0.39, 0.29) is 5.84 Å². The van der Waals surface area contributed by atoms with E-state index in [9.17, 15) is 0 Å². The van der Waals surface area contributed by atoms with Crippen molar-refractivity contribution in [1.82, 2.24) is 0 Å². The first-order valence-corrected chi connectivity index (χ1v) is 4.99. The Morgan fingerprint density at radius 1 is 1.43 bits per heavy atom. The van der Waals surface area contributed by atoms with Crippen LogP contribution >= 0.6 is 11.8 Å². The fourth-order valence-electron chi connectivity index (χ4n) is 1.26. The van der Waals surface area contributed by atoms with Crippen LogP contribution in [0.3, 0.4) is 0 Å². The van der Waals surface area contributed by atoms with Gasteiger partial charge in [-0.2, -0.15) is 0 Å². The number of nitrogen functional groups attached to an aromatic ring is 1. The molecule has 0 saturated heterocycles. The van der Waals surface area contributed by atoms with E-state index in [2.05, 4.69) is 4.99 Å². The molecule has 0 aliphatic carbocycles. The summed E-state index contributed by atoms with van der Waals surface area (Å²) in [7, 11) is 0. The molecule has 0 radical (unpaired) electrons. The van der Waals surface area contributed by atoms with E-state index in [1.54, 1.807) is 12.4 Å². The second-order valence-electron chi connectivity index (χ2n) is 2.82. The monoisotopic (exact) mass is 203 g/mol. The topological polar surface area (TPSA) is 62.2 Å². The number of nitrogens with two attached hydrogens (primary N) is 1. The molecule has 1 heterocycles. The first-order chi connectivity index (χ1) is 6.79. The average molecular weight is 203 g/mol. The summed E-state index contributed by atoms with van der Waals surface area (Å²) in [6, 6.07) is 5.69. The van der Waals surface area contributed by atoms with E-state index in [1.165, 1.54) is 11.8 Å². The van der Waals surface area contributed by atoms with Gasteiger partial charge < -0.3 is 5.73 Å². The summed E-state index contributed by atoms with van der Waals surface area (Å²) in [5, 5.41) is 9.33. The Hall–Kier alpha value is -1.55. The van der Waals surface area contributed by atoms with Crippen molar-refractivity contribution in [2.75, 3.05) is 0 Å². The maximum atomic E-state index is 7.44. The summed E-state index contributed by atoms with van der Waals surface area (Å²) >= 11 is 1.54. The molecule has 3 nitrogen and oxygen atoms in total. The van der Waals surface area contributed by atoms with Crippen molar-refractivity contribution >= 4 is 23.8 Å². The molecule has 4 heteroatoms. The van der Waals surface area contributed by atoms with Crippen molar-refractivity contribution in [1.29, 1.82) is 5.41 Å². The summed E-state index contributed by atoms with van der Waals surface area (Å²) < 4.78 is 0. The lowest BCUT2D eigenvalue weighted by atomic mass is 10.1. The number of nitrogens with zero attached hydrogens (tertiary/aromatic N) is 1. The summed E-state index contributed by atoms with van der Waals surface area (Å²) in [6.45, 7) is 0. The van der Waals surface area contributed by atoms with Gasteiger partial charge in [-0.05, 0) is 5.41 Å². The largest absolute Gasteiger partial charge is 0.384 e. The lowest BCUT2D eigenvalue weighted by Gasteiger charge is -2.07. The van der Waals surface area contributed by atoms with E-state index in [0.717, 1.165) is 16.0 Å². The summed E-state index contributed by atoms with van der Waals surface area (Å²) in [4.78, 5) is 5.07. The number of hydrogen-bond donors (Lipinski definition) is 2. The molecule has 3 N–H and O–H groups in total. The molecular weight excluding hydrogens is 194 g/mol. The van der Waals surface area contributed by atoms with Crippen LogP contribution in [0.5, 0.6) is 0 Å². The van der Waals surface area contributed by atoms with E-state index in [0.29, 0.717) is 0 Å². The standard InChI is InChI=1S/C10H9N3S/c11-10(12)8-3-1-2-7-6-13-4-5-14-9(7)8/h1-6H,(H3,11,12). The minimum Gasteiger partial charge on any atom is -0.384 e. The highest BCUT2D eigenvalue weighted by molar-refractivity contribution is 8.02. The molecule has 1 aromatic carbocycles. The normalized spacial score (nSPS) is 13.4. The predicted molar refractivity (Wildman–Crippen MR) is 60.0 cm³/mol. The van der Waals surface area contributed by atoms with Crippen LogP contribution in [0.1, 0.15) is 11.1 Å². The van der Waals surface area contributed by atoms with Crippen molar-refractivity contribution in [3.63, 3.8) is 0 Å². The number of amidine groups is 1. The quantitative estimate of drug-likeness (QED) is 0.541. The van der Waals surface area contributed by atoms with Crippen LogP contribution in [-0.2, 0) is 0 Å². The molecule has 1 aliphatic heterocycles. The van der Waals surface area contributed by atoms with Gasteiger partial charge in [0.25, 0.3) is 0 Å². The predicted octanol–water partition coefficient (Wildman–Crippen LogP) is 1.97. The molecule has 0 atom stereocenters. The highest BCUT2D eigenvalue weighted by Gasteiger charge is 2.09. The molecule has 0 saturated carbocycles. The second kappa shape index (κ2) is 3.67. The Balaban J connectivity index is 2.61. The van der Waals surface area contributed by atoms with Gasteiger partial charge in [0.1, 0.15) is 5.84 Å². The van der Waals surface area contributed by atoms with Crippen molar-refractivity contribution in [2.24, 2.45) is 10.7 Å². The van der Waals surface area contributed by atoms with Crippen LogP contribution < -0.4 is 5.73 Å². The van der Waals surface area contributed by atoms with Crippen molar-refractivity contribution in [3.05, 3.63) is 40.9 Å². The number of aliphatic imine (C=N–C) groups is 1. The van der Waals surface area contributed by atoms with Gasteiger partial charge in [-0.1, -0.05) is 30.0 Å². The van der Waals surface area contributed by atoms with Gasteiger partial charge in [0.2, 0.25) is 0 Å². The van der Waals surface area contributed by atoms with Gasteiger partial charge in [0.15, 0.2) is 0 Å². The van der Waals surface area contributed by atoms with Crippen molar-refractivity contribution in [2.45, 2.75) is 4.90 Å². The number of rotatable bonds is 1. The van der Waals surface area contributed by atoms with Crippen LogP contribution in [0.15, 0.2) is 39.7 Å². The molecular formula is C10H9N3S. The first kappa shape index (κ1) is 9.02. The SMILES string of the molecule is N=C(N)c1cccc2c1SC=CN=C2. The van der Waals surface area contributed by atoms with Gasteiger partial charge >= 0.3 is 0 Å². The number of nitrogens with one attached hydrogen (secondary N) is 1. The smallest absolute Gasteiger partial charge is 0.123 e. The number of fused-ring (bicyclic) bond motifs is 1. The van der Waals surface area contributed by atoms with Crippen molar-refractivity contribution < 1.29 is 0 Å². The van der Waals surface area contributed by atoms with Crippen LogP contribution in [0, 0.1) is 5.41 Å². The lowest BCUT2D eigenvalue weighted by molar-refractivity contribution is 1.33. The third-order valence-electron chi connectivity index (χ3n) is 1.88. The van der Waals surface area contributed by atoms with Crippen LogP contribution in [0.2, 0.25) is 0 Å². The Labute approximate surface area is 86.2 Å². The number of benzene rings is 1. The number of thioether (sulfide) groups is 1. The first-order valence-electron chi connectivity index (χ1n) is 4.11. The molecule has 0 unspecified atom stereocenters. The minimum absolute atomic E-state index is 0.0954. The molecule has 14 heavy (non-hydrogen) atoms.